The second-order valence-electron chi connectivity index (χ2n) is 4.23. The van der Waals surface area contributed by atoms with Gasteiger partial charge in [-0.2, -0.15) is 0 Å². The molecule has 0 aromatic heterocycles. The number of hydrogen-bond acceptors (Lipinski definition) is 1. The zero-order valence-electron chi connectivity index (χ0n) is 9.71. The van der Waals surface area contributed by atoms with Crippen LogP contribution in [0.2, 0.25) is 0 Å². The van der Waals surface area contributed by atoms with Crippen LogP contribution in [0.1, 0.15) is 17.5 Å². The molecule has 0 atom stereocenters. The summed E-state index contributed by atoms with van der Waals surface area (Å²) >= 11 is 0. The summed E-state index contributed by atoms with van der Waals surface area (Å²) in [6.45, 7) is 8.55. The largest absolute Gasteiger partial charge is 0.326 e. The molecule has 1 N–H and O–H groups in total. The highest BCUT2D eigenvalue weighted by Crippen LogP contribution is 2.23. The molecule has 1 aromatic rings. The standard InChI is InChI=1S/C13H16N2O/c1-9-4-5-12(10(2)8-9)15-7-6-11(3)14-13(15)16/h4-5,8H,3,6-7H2,1-2H3,(H,14,16). The molecule has 1 heterocycles. The predicted octanol–water partition coefficient (Wildman–Crippen LogP) is 2.74. The van der Waals surface area contributed by atoms with Gasteiger partial charge in [0.2, 0.25) is 0 Å². The van der Waals surface area contributed by atoms with Gasteiger partial charge in [-0.1, -0.05) is 24.3 Å². The lowest BCUT2D eigenvalue weighted by atomic mass is 10.1. The molecule has 2 amide bonds. The summed E-state index contributed by atoms with van der Waals surface area (Å²) in [5.41, 5.74) is 4.12. The molecular weight excluding hydrogens is 200 g/mol. The molecule has 0 bridgehead atoms. The molecule has 0 radical (unpaired) electrons. The first-order valence-electron chi connectivity index (χ1n) is 5.41. The molecular formula is C13H16N2O. The molecule has 2 rings (SSSR count). The molecule has 3 heteroatoms. The number of nitrogens with zero attached hydrogens (tertiary/aromatic N) is 1. The van der Waals surface area contributed by atoms with Crippen molar-refractivity contribution in [2.45, 2.75) is 20.3 Å². The second-order valence-corrected chi connectivity index (χ2v) is 4.23. The first-order valence-corrected chi connectivity index (χ1v) is 5.41. The van der Waals surface area contributed by atoms with E-state index in [1.807, 2.05) is 19.1 Å². The van der Waals surface area contributed by atoms with E-state index >= 15 is 0 Å². The minimum atomic E-state index is -0.0804. The van der Waals surface area contributed by atoms with Gasteiger partial charge < -0.3 is 5.32 Å². The molecule has 3 nitrogen and oxygen atoms in total. The summed E-state index contributed by atoms with van der Waals surface area (Å²) in [7, 11) is 0. The molecule has 0 saturated carbocycles. The molecule has 0 aliphatic carbocycles. The monoisotopic (exact) mass is 216 g/mol. The predicted molar refractivity (Wildman–Crippen MR) is 65.6 cm³/mol. The van der Waals surface area contributed by atoms with E-state index in [1.165, 1.54) is 5.56 Å². The van der Waals surface area contributed by atoms with Crippen molar-refractivity contribution in [3.05, 3.63) is 41.6 Å². The van der Waals surface area contributed by atoms with E-state index in [0.717, 1.165) is 23.4 Å². The number of anilines is 1. The van der Waals surface area contributed by atoms with E-state index in [1.54, 1.807) is 4.90 Å². The number of amides is 2. The van der Waals surface area contributed by atoms with Crippen LogP contribution in [0.4, 0.5) is 10.5 Å². The lowest BCUT2D eigenvalue weighted by Crippen LogP contribution is -2.45. The SMILES string of the molecule is C=C1CCN(c2ccc(C)cc2C)C(=O)N1. The second kappa shape index (κ2) is 4.00. The van der Waals surface area contributed by atoms with Crippen LogP contribution >= 0.6 is 0 Å². The van der Waals surface area contributed by atoms with Crippen molar-refractivity contribution in [1.82, 2.24) is 5.32 Å². The number of hydrogen-bond donors (Lipinski definition) is 1. The topological polar surface area (TPSA) is 32.3 Å². The number of benzene rings is 1. The van der Waals surface area contributed by atoms with Crippen LogP contribution in [-0.4, -0.2) is 12.6 Å². The lowest BCUT2D eigenvalue weighted by Gasteiger charge is -2.29. The number of rotatable bonds is 1. The fraction of sp³-hybridized carbons (Fsp3) is 0.308. The third kappa shape index (κ3) is 1.94. The fourth-order valence-corrected chi connectivity index (χ4v) is 1.97. The third-order valence-electron chi connectivity index (χ3n) is 2.81. The van der Waals surface area contributed by atoms with Gasteiger partial charge in [0.15, 0.2) is 0 Å². The maximum Gasteiger partial charge on any atom is 0.326 e. The van der Waals surface area contributed by atoms with E-state index < -0.39 is 0 Å². The average molecular weight is 216 g/mol. The molecule has 0 spiro atoms. The summed E-state index contributed by atoms with van der Waals surface area (Å²) < 4.78 is 0. The van der Waals surface area contributed by atoms with Crippen LogP contribution in [0.15, 0.2) is 30.5 Å². The Bertz CT molecular complexity index is 451. The first kappa shape index (κ1) is 10.7. The summed E-state index contributed by atoms with van der Waals surface area (Å²) in [5, 5.41) is 2.76. The third-order valence-corrected chi connectivity index (χ3v) is 2.81. The van der Waals surface area contributed by atoms with Crippen LogP contribution in [0.5, 0.6) is 0 Å². The minimum absolute atomic E-state index is 0.0804. The number of nitrogens with one attached hydrogen (secondary N) is 1. The van der Waals surface area contributed by atoms with E-state index in [-0.39, 0.29) is 6.03 Å². The highest BCUT2D eigenvalue weighted by molar-refractivity contribution is 5.94. The van der Waals surface area contributed by atoms with Gasteiger partial charge in [-0.05, 0) is 25.5 Å². The van der Waals surface area contributed by atoms with Gasteiger partial charge in [0.05, 0.1) is 0 Å². The Balaban J connectivity index is 2.30. The zero-order valence-corrected chi connectivity index (χ0v) is 9.71. The molecule has 0 unspecified atom stereocenters. The van der Waals surface area contributed by atoms with Gasteiger partial charge in [-0.15, -0.1) is 0 Å². The molecule has 16 heavy (non-hydrogen) atoms. The highest BCUT2D eigenvalue weighted by atomic mass is 16.2. The summed E-state index contributed by atoms with van der Waals surface area (Å²) in [5.74, 6) is 0. The maximum atomic E-state index is 11.8. The van der Waals surface area contributed by atoms with Gasteiger partial charge in [0.1, 0.15) is 0 Å². The van der Waals surface area contributed by atoms with E-state index in [0.29, 0.717) is 6.54 Å². The molecule has 1 saturated heterocycles. The van der Waals surface area contributed by atoms with Gasteiger partial charge in [-0.3, -0.25) is 4.90 Å². The zero-order chi connectivity index (χ0) is 11.7. The Kier molecular flexibility index (Phi) is 2.69. The van der Waals surface area contributed by atoms with Crippen molar-refractivity contribution in [3.8, 4) is 0 Å². The summed E-state index contributed by atoms with van der Waals surface area (Å²) in [6.07, 6.45) is 0.805. The molecule has 1 aromatic carbocycles. The van der Waals surface area contributed by atoms with Crippen LogP contribution in [0.25, 0.3) is 0 Å². The van der Waals surface area contributed by atoms with Crippen LogP contribution < -0.4 is 10.2 Å². The van der Waals surface area contributed by atoms with Crippen molar-refractivity contribution >= 4 is 11.7 Å². The van der Waals surface area contributed by atoms with Crippen LogP contribution in [0, 0.1) is 13.8 Å². The van der Waals surface area contributed by atoms with Crippen molar-refractivity contribution in [1.29, 1.82) is 0 Å². The van der Waals surface area contributed by atoms with Gasteiger partial charge in [0.25, 0.3) is 0 Å². The first-order chi connectivity index (χ1) is 7.58. The molecule has 1 aliphatic rings. The number of carbonyl (C=O) groups is 1. The summed E-state index contributed by atoms with van der Waals surface area (Å²) in [4.78, 5) is 13.6. The minimum Gasteiger partial charge on any atom is -0.312 e. The highest BCUT2D eigenvalue weighted by Gasteiger charge is 2.22. The van der Waals surface area contributed by atoms with Gasteiger partial charge >= 0.3 is 6.03 Å². The Morgan fingerprint density at radius 2 is 2.12 bits per heavy atom. The van der Waals surface area contributed by atoms with Crippen molar-refractivity contribution in [3.63, 3.8) is 0 Å². The van der Waals surface area contributed by atoms with E-state index in [4.69, 9.17) is 0 Å². The maximum absolute atomic E-state index is 11.8. The smallest absolute Gasteiger partial charge is 0.312 e. The van der Waals surface area contributed by atoms with Crippen LogP contribution in [-0.2, 0) is 0 Å². The summed E-state index contributed by atoms with van der Waals surface area (Å²) in [6, 6.07) is 6.03. The quantitative estimate of drug-likeness (QED) is 0.769. The number of urea groups is 1. The lowest BCUT2D eigenvalue weighted by molar-refractivity contribution is 0.246. The Morgan fingerprint density at radius 3 is 2.75 bits per heavy atom. The Hall–Kier alpha value is -1.77. The molecule has 84 valence electrons. The Morgan fingerprint density at radius 1 is 1.38 bits per heavy atom. The van der Waals surface area contributed by atoms with Crippen molar-refractivity contribution in [2.75, 3.05) is 11.4 Å². The van der Waals surface area contributed by atoms with Crippen LogP contribution in [0.3, 0.4) is 0 Å². The molecule has 1 aliphatic heterocycles. The number of aryl methyl sites for hydroxylation is 2. The molecule has 1 fully saturated rings. The van der Waals surface area contributed by atoms with Gasteiger partial charge in [0, 0.05) is 24.4 Å². The van der Waals surface area contributed by atoms with Crippen molar-refractivity contribution < 1.29 is 4.79 Å². The van der Waals surface area contributed by atoms with E-state index in [2.05, 4.69) is 24.9 Å². The fourth-order valence-electron chi connectivity index (χ4n) is 1.97. The Labute approximate surface area is 95.8 Å². The average Bonchev–Trinajstić information content (AvgIpc) is 2.19. The number of carbonyl (C=O) groups excluding carboxylic acids is 1. The van der Waals surface area contributed by atoms with E-state index in [9.17, 15) is 4.79 Å². The normalized spacial score (nSPS) is 16.2. The van der Waals surface area contributed by atoms with Crippen molar-refractivity contribution in [2.24, 2.45) is 0 Å². The van der Waals surface area contributed by atoms with Gasteiger partial charge in [-0.25, -0.2) is 4.79 Å².